The van der Waals surface area contributed by atoms with Crippen LogP contribution in [0.2, 0.25) is 0 Å². The minimum atomic E-state index is -1.82. The van der Waals surface area contributed by atoms with Crippen molar-refractivity contribution in [3.8, 4) is 5.75 Å². The molecule has 7 amide bonds. The lowest BCUT2D eigenvalue weighted by Crippen LogP contribution is -2.62. The number of rotatable bonds is 20. The maximum absolute atomic E-state index is 13.7. The Bertz CT molecular complexity index is 1850. The molecule has 1 fully saturated rings. The molecule has 0 aromatic heterocycles. The highest BCUT2D eigenvalue weighted by Crippen LogP contribution is 2.13. The number of amides is 7. The molecule has 0 radical (unpaired) electrons. The van der Waals surface area contributed by atoms with Gasteiger partial charge in [-0.3, -0.25) is 38.5 Å². The van der Waals surface area contributed by atoms with Crippen molar-refractivity contribution in [1.29, 1.82) is 0 Å². The largest absolute Gasteiger partial charge is 0.508 e. The molecule has 65 heavy (non-hydrogen) atoms. The molecule has 2 aromatic carbocycles. The molecule has 22 heteroatoms. The van der Waals surface area contributed by atoms with Crippen LogP contribution in [0.15, 0.2) is 48.5 Å². The smallest absolute Gasteiger partial charge is 0.252 e. The number of aliphatic hydroxyl groups excluding tert-OH is 3. The van der Waals surface area contributed by atoms with Crippen molar-refractivity contribution in [2.24, 2.45) is 11.5 Å². The van der Waals surface area contributed by atoms with Gasteiger partial charge in [-0.1, -0.05) is 24.3 Å². The second kappa shape index (κ2) is 27.5. The van der Waals surface area contributed by atoms with Crippen LogP contribution in [0.1, 0.15) is 61.5 Å². The van der Waals surface area contributed by atoms with Crippen LogP contribution in [0.5, 0.6) is 5.75 Å². The molecule has 0 unspecified atom stereocenters. The van der Waals surface area contributed by atoms with Crippen LogP contribution < -0.4 is 54.0 Å². The van der Waals surface area contributed by atoms with Crippen molar-refractivity contribution in [3.63, 3.8) is 0 Å². The summed E-state index contributed by atoms with van der Waals surface area (Å²) in [5, 5.41) is 62.9. The molecule has 16 N–H and O–H groups in total. The number of primary amides is 2. The van der Waals surface area contributed by atoms with E-state index in [9.17, 15) is 54.0 Å². The van der Waals surface area contributed by atoms with Gasteiger partial charge in [0.05, 0.1) is 24.7 Å². The first-order chi connectivity index (χ1) is 30.9. The Labute approximate surface area is 378 Å². The molecular formula is C43H67N11O11. The van der Waals surface area contributed by atoms with E-state index in [1.54, 1.807) is 24.3 Å². The first-order valence-electron chi connectivity index (χ1n) is 21.7. The quantitative estimate of drug-likeness (QED) is 0.0596. The third-order valence-corrected chi connectivity index (χ3v) is 10.5. The van der Waals surface area contributed by atoms with Crippen LogP contribution in [-0.4, -0.2) is 168 Å². The van der Waals surface area contributed by atoms with Crippen LogP contribution in [0.25, 0.3) is 0 Å². The number of aliphatic hydroxyl groups is 3. The third kappa shape index (κ3) is 19.1. The summed E-state index contributed by atoms with van der Waals surface area (Å²) >= 11 is 0. The van der Waals surface area contributed by atoms with Crippen molar-refractivity contribution in [1.82, 2.24) is 47.4 Å². The summed E-state index contributed by atoms with van der Waals surface area (Å²) in [6.45, 7) is 11.3. The molecule has 2 aromatic rings. The Balaban J connectivity index is 1.71. The summed E-state index contributed by atoms with van der Waals surface area (Å²) in [7, 11) is 0. The highest BCUT2D eigenvalue weighted by Gasteiger charge is 2.36. The van der Waals surface area contributed by atoms with Gasteiger partial charge in [0.25, 0.3) is 5.91 Å². The lowest BCUT2D eigenvalue weighted by Gasteiger charge is -2.28. The Morgan fingerprint density at radius 2 is 1.08 bits per heavy atom. The number of benzene rings is 2. The van der Waals surface area contributed by atoms with Crippen molar-refractivity contribution >= 4 is 41.4 Å². The first kappa shape index (κ1) is 53.6. The van der Waals surface area contributed by atoms with E-state index in [4.69, 9.17) is 11.5 Å². The van der Waals surface area contributed by atoms with Gasteiger partial charge in [0.1, 0.15) is 36.0 Å². The molecule has 0 saturated carbocycles. The van der Waals surface area contributed by atoms with E-state index in [0.29, 0.717) is 12.1 Å². The van der Waals surface area contributed by atoms with Gasteiger partial charge >= 0.3 is 0 Å². The summed E-state index contributed by atoms with van der Waals surface area (Å²) < 4.78 is 0. The van der Waals surface area contributed by atoms with Crippen molar-refractivity contribution in [2.75, 3.05) is 52.4 Å². The molecular weight excluding hydrogens is 847 g/mol. The topological polar surface area (TPSA) is 352 Å². The van der Waals surface area contributed by atoms with E-state index in [0.717, 1.165) is 77.7 Å². The van der Waals surface area contributed by atoms with Crippen molar-refractivity contribution in [2.45, 2.75) is 102 Å². The number of nitrogens with one attached hydrogen (secondary N) is 8. The number of nitrogens with zero attached hydrogens (tertiary/aromatic N) is 1. The normalized spacial score (nSPS) is 18.1. The average Bonchev–Trinajstić information content (AvgIpc) is 3.24. The first-order valence-corrected chi connectivity index (χ1v) is 21.7. The van der Waals surface area contributed by atoms with E-state index < -0.39 is 96.3 Å². The summed E-state index contributed by atoms with van der Waals surface area (Å²) in [5.74, 6) is -7.33. The Kier molecular flexibility index (Phi) is 22.7. The van der Waals surface area contributed by atoms with E-state index >= 15 is 0 Å². The Morgan fingerprint density at radius 3 is 1.65 bits per heavy atom. The maximum atomic E-state index is 13.7. The van der Waals surface area contributed by atoms with Crippen LogP contribution in [0.4, 0.5) is 0 Å². The third-order valence-electron chi connectivity index (χ3n) is 10.5. The van der Waals surface area contributed by atoms with Gasteiger partial charge in [-0.25, -0.2) is 0 Å². The number of carbonyl (C=O) groups excluding carboxylic acids is 7. The summed E-state index contributed by atoms with van der Waals surface area (Å²) in [6.07, 6.45) is -3.64. The molecule has 3 rings (SSSR count). The molecule has 1 aliphatic rings. The monoisotopic (exact) mass is 914 g/mol. The van der Waals surface area contributed by atoms with Crippen molar-refractivity contribution < 1.29 is 54.0 Å². The zero-order valence-electron chi connectivity index (χ0n) is 37.2. The van der Waals surface area contributed by atoms with Crippen LogP contribution >= 0.6 is 0 Å². The van der Waals surface area contributed by atoms with E-state index in [1.165, 1.54) is 38.1 Å². The van der Waals surface area contributed by atoms with Crippen LogP contribution in [0, 0.1) is 0 Å². The second-order valence-electron chi connectivity index (χ2n) is 16.1. The van der Waals surface area contributed by atoms with Gasteiger partial charge in [-0.05, 0) is 95.2 Å². The number of phenols is 1. The molecule has 0 spiro atoms. The number of nitrogens with two attached hydrogens (primary N) is 2. The highest BCUT2D eigenvalue weighted by molar-refractivity contribution is 6.00. The predicted octanol–water partition coefficient (Wildman–Crippen LogP) is -4.46. The molecule has 1 aliphatic heterocycles. The van der Waals surface area contributed by atoms with Crippen molar-refractivity contribution in [3.05, 3.63) is 65.2 Å². The molecule has 360 valence electrons. The zero-order valence-corrected chi connectivity index (χ0v) is 37.2. The lowest BCUT2D eigenvalue weighted by molar-refractivity contribution is -0.137. The number of hydrogen-bond acceptors (Lipinski definition) is 15. The summed E-state index contributed by atoms with van der Waals surface area (Å²) in [6, 6.07) is 4.00. The molecule has 0 bridgehead atoms. The minimum absolute atomic E-state index is 0.0939. The van der Waals surface area contributed by atoms with Crippen LogP contribution in [-0.2, 0) is 41.7 Å². The molecule has 0 aliphatic carbocycles. The van der Waals surface area contributed by atoms with E-state index in [1.807, 2.05) is 0 Å². The number of hydrogen-bond donors (Lipinski definition) is 14. The van der Waals surface area contributed by atoms with Crippen LogP contribution in [0.3, 0.4) is 0 Å². The lowest BCUT2D eigenvalue weighted by atomic mass is 10.0. The number of phenolic OH excluding ortho intramolecular Hbond substituents is 1. The fourth-order valence-corrected chi connectivity index (χ4v) is 6.83. The standard InChI is InChI=1S/C43H67N11O11/c1-25(55)35(38(45)60)51-41(63)32(22-28-8-12-31(58)13-9-28)49-40(62)33(23-34(44)59)50-42(64)36(26(2)56)53-43(65)37(27(3)57)52-39(61)30-10-6-29(7-11-30)24-54-20-5-16-47-18-17-46-14-4-15-48-19-21-54/h6-13,25-27,32-33,35-37,46-48,55-58H,4-5,14-24H2,1-3H3,(H2,44,59)(H2,45,60)(H,49,62)(H,50,64)(H,51,63)(H,52,61)(H,53,65)/t25-,26-,27-,32+,33+,35+,36+,37+/m1/s1. The predicted molar refractivity (Wildman–Crippen MR) is 238 cm³/mol. The van der Waals surface area contributed by atoms with Gasteiger partial charge in [0, 0.05) is 44.7 Å². The van der Waals surface area contributed by atoms with Gasteiger partial charge in [0.15, 0.2) is 0 Å². The summed E-state index contributed by atoms with van der Waals surface area (Å²) in [5.41, 5.74) is 12.3. The molecule has 1 saturated heterocycles. The molecule has 1 heterocycles. The van der Waals surface area contributed by atoms with E-state index in [-0.39, 0.29) is 17.7 Å². The van der Waals surface area contributed by atoms with E-state index in [2.05, 4.69) is 47.4 Å². The minimum Gasteiger partial charge on any atom is -0.508 e. The van der Waals surface area contributed by atoms with Gasteiger partial charge in [-0.2, -0.15) is 0 Å². The zero-order chi connectivity index (χ0) is 48.1. The Morgan fingerprint density at radius 1 is 0.585 bits per heavy atom. The van der Waals surface area contributed by atoms with Gasteiger partial charge < -0.3 is 74.4 Å². The number of carbonyl (C=O) groups is 7. The average molecular weight is 914 g/mol. The SMILES string of the molecule is C[C@@H](O)[C@H](NC(=O)[C@H](Cc1ccc(O)cc1)NC(=O)[C@H](CC(N)=O)NC(=O)[C@@H](NC(=O)[C@@H](NC(=O)c1ccc(CN2CCCNCCNCCCNCC2)cc1)[C@@H](C)O)[C@@H](C)O)C(N)=O. The second-order valence-corrected chi connectivity index (χ2v) is 16.1. The van der Waals surface area contributed by atoms with Gasteiger partial charge in [0.2, 0.25) is 35.4 Å². The summed E-state index contributed by atoms with van der Waals surface area (Å²) in [4.78, 5) is 94.0. The molecule has 8 atom stereocenters. The van der Waals surface area contributed by atoms with Gasteiger partial charge in [-0.15, -0.1) is 0 Å². The Hall–Kier alpha value is -5.75. The number of aromatic hydroxyl groups is 1. The maximum Gasteiger partial charge on any atom is 0.252 e. The fraction of sp³-hybridized carbons (Fsp3) is 0.558. The molecule has 22 nitrogen and oxygen atoms in total. The fourth-order valence-electron chi connectivity index (χ4n) is 6.83. The highest BCUT2D eigenvalue weighted by atomic mass is 16.3.